The Balaban J connectivity index is 1.89. The minimum Gasteiger partial charge on any atom is -0.490 e. The minimum atomic E-state index is -0.167. The molecule has 0 saturated carbocycles. The van der Waals surface area contributed by atoms with Crippen LogP contribution < -0.4 is 15.0 Å². The fourth-order valence-electron chi connectivity index (χ4n) is 2.55. The van der Waals surface area contributed by atoms with Crippen LogP contribution >= 0.6 is 11.3 Å². The number of nitrogens with zero attached hydrogens (tertiary/aromatic N) is 3. The molecule has 0 radical (unpaired) electrons. The summed E-state index contributed by atoms with van der Waals surface area (Å²) in [5.74, 6) is 1.38. The number of thiophene rings is 1. The van der Waals surface area contributed by atoms with E-state index in [0.29, 0.717) is 30.1 Å². The number of rotatable bonds is 8. The molecule has 142 valence electrons. The van der Waals surface area contributed by atoms with Crippen LogP contribution in [-0.4, -0.2) is 29.1 Å². The zero-order valence-electron chi connectivity index (χ0n) is 15.8. The lowest BCUT2D eigenvalue weighted by Crippen LogP contribution is -2.16. The molecule has 2 heterocycles. The van der Waals surface area contributed by atoms with Crippen molar-refractivity contribution < 1.29 is 9.47 Å². The van der Waals surface area contributed by atoms with Crippen molar-refractivity contribution in [2.24, 2.45) is 5.10 Å². The van der Waals surface area contributed by atoms with Crippen LogP contribution in [0.15, 0.2) is 40.5 Å². The van der Waals surface area contributed by atoms with Crippen LogP contribution in [0.1, 0.15) is 37.6 Å². The van der Waals surface area contributed by atoms with Gasteiger partial charge in [-0.15, -0.1) is 11.3 Å². The van der Waals surface area contributed by atoms with Gasteiger partial charge in [-0.05, 0) is 49.6 Å². The maximum Gasteiger partial charge on any atom is 0.282 e. The van der Waals surface area contributed by atoms with E-state index in [0.717, 1.165) is 28.1 Å². The molecule has 1 aromatic carbocycles. The molecule has 3 rings (SSSR count). The molecule has 2 aromatic heterocycles. The number of benzene rings is 1. The van der Waals surface area contributed by atoms with E-state index in [1.54, 1.807) is 17.6 Å². The molecule has 0 N–H and O–H groups in total. The standard InChI is InChI=1S/C20H23N3O3S/c1-4-9-26-17-8-7-14(10-18(17)25-6-3)12-22-23-13-21-19-16(20(23)24)11-15(5-2)27-19/h7-8,10-13H,4-6,9H2,1-3H3/b22-12-. The molecular weight excluding hydrogens is 362 g/mol. The SMILES string of the molecule is CCCOc1ccc(/C=N\n2cnc3sc(CC)cc3c2=O)cc1OCC. The minimum absolute atomic E-state index is 0.167. The summed E-state index contributed by atoms with van der Waals surface area (Å²) in [5.41, 5.74) is 0.647. The van der Waals surface area contributed by atoms with Gasteiger partial charge >= 0.3 is 0 Å². The topological polar surface area (TPSA) is 65.7 Å². The highest BCUT2D eigenvalue weighted by Crippen LogP contribution is 2.28. The third kappa shape index (κ3) is 4.36. The van der Waals surface area contributed by atoms with Gasteiger partial charge in [-0.3, -0.25) is 4.79 Å². The predicted octanol–water partition coefficient (Wildman–Crippen LogP) is 4.09. The first kappa shape index (κ1) is 19.1. The van der Waals surface area contributed by atoms with Gasteiger partial charge in [0.2, 0.25) is 0 Å². The number of aromatic nitrogens is 2. The molecule has 0 spiro atoms. The molecule has 0 aliphatic rings. The van der Waals surface area contributed by atoms with E-state index in [1.807, 2.05) is 31.2 Å². The van der Waals surface area contributed by atoms with Gasteiger partial charge in [0.15, 0.2) is 11.5 Å². The number of ether oxygens (including phenoxy) is 2. The van der Waals surface area contributed by atoms with E-state index in [2.05, 4.69) is 23.9 Å². The van der Waals surface area contributed by atoms with Crippen LogP contribution in [0, 0.1) is 0 Å². The summed E-state index contributed by atoms with van der Waals surface area (Å²) in [4.78, 5) is 18.8. The van der Waals surface area contributed by atoms with E-state index in [-0.39, 0.29) is 5.56 Å². The van der Waals surface area contributed by atoms with Crippen molar-refractivity contribution in [3.8, 4) is 11.5 Å². The van der Waals surface area contributed by atoms with Gasteiger partial charge in [-0.2, -0.15) is 9.78 Å². The maximum absolute atomic E-state index is 12.6. The summed E-state index contributed by atoms with van der Waals surface area (Å²) in [7, 11) is 0. The fourth-order valence-corrected chi connectivity index (χ4v) is 3.48. The second-order valence-electron chi connectivity index (χ2n) is 5.91. The Morgan fingerprint density at radius 3 is 2.78 bits per heavy atom. The molecule has 0 saturated heterocycles. The molecule has 0 aliphatic carbocycles. The molecule has 0 amide bonds. The van der Waals surface area contributed by atoms with Gasteiger partial charge in [0.05, 0.1) is 24.8 Å². The largest absolute Gasteiger partial charge is 0.490 e. The third-order valence-corrected chi connectivity index (χ3v) is 5.08. The van der Waals surface area contributed by atoms with E-state index in [4.69, 9.17) is 9.47 Å². The smallest absolute Gasteiger partial charge is 0.282 e. The van der Waals surface area contributed by atoms with Crippen LogP contribution in [0.3, 0.4) is 0 Å². The molecule has 6 nitrogen and oxygen atoms in total. The van der Waals surface area contributed by atoms with Crippen LogP contribution in [0.4, 0.5) is 0 Å². The molecule has 0 atom stereocenters. The number of aryl methyl sites for hydroxylation is 1. The Morgan fingerprint density at radius 2 is 2.04 bits per heavy atom. The zero-order valence-corrected chi connectivity index (χ0v) is 16.6. The molecule has 7 heteroatoms. The van der Waals surface area contributed by atoms with E-state index < -0.39 is 0 Å². The van der Waals surface area contributed by atoms with Crippen molar-refractivity contribution in [1.82, 2.24) is 9.66 Å². The number of hydrogen-bond acceptors (Lipinski definition) is 6. The summed E-state index contributed by atoms with van der Waals surface area (Å²) < 4.78 is 12.6. The quantitative estimate of drug-likeness (QED) is 0.548. The molecule has 0 fully saturated rings. The van der Waals surface area contributed by atoms with E-state index in [9.17, 15) is 4.79 Å². The van der Waals surface area contributed by atoms with Gasteiger partial charge in [0, 0.05) is 4.88 Å². The lowest BCUT2D eigenvalue weighted by Gasteiger charge is -2.11. The molecular formula is C20H23N3O3S. The van der Waals surface area contributed by atoms with Crippen LogP contribution in [0.2, 0.25) is 0 Å². The van der Waals surface area contributed by atoms with Gasteiger partial charge < -0.3 is 9.47 Å². The van der Waals surface area contributed by atoms with Gasteiger partial charge in [-0.25, -0.2) is 4.98 Å². The Morgan fingerprint density at radius 1 is 1.19 bits per heavy atom. The molecule has 3 aromatic rings. The van der Waals surface area contributed by atoms with Gasteiger partial charge in [0.1, 0.15) is 11.2 Å². The third-order valence-electron chi connectivity index (χ3n) is 3.90. The van der Waals surface area contributed by atoms with Crippen molar-refractivity contribution in [2.75, 3.05) is 13.2 Å². The Labute approximate surface area is 162 Å². The summed E-state index contributed by atoms with van der Waals surface area (Å²) in [6.07, 6.45) is 4.89. The Kier molecular flexibility index (Phi) is 6.24. The van der Waals surface area contributed by atoms with Gasteiger partial charge in [-0.1, -0.05) is 13.8 Å². The number of hydrogen-bond donors (Lipinski definition) is 0. The highest BCUT2D eigenvalue weighted by Gasteiger charge is 2.08. The zero-order chi connectivity index (χ0) is 19.2. The number of fused-ring (bicyclic) bond motifs is 1. The summed E-state index contributed by atoms with van der Waals surface area (Å²) >= 11 is 1.54. The summed E-state index contributed by atoms with van der Waals surface area (Å²) in [6, 6.07) is 7.50. The highest BCUT2D eigenvalue weighted by molar-refractivity contribution is 7.18. The fraction of sp³-hybridized carbons (Fsp3) is 0.350. The van der Waals surface area contributed by atoms with E-state index in [1.165, 1.54) is 11.0 Å². The Hall–Kier alpha value is -2.67. The van der Waals surface area contributed by atoms with Crippen molar-refractivity contribution in [3.05, 3.63) is 51.4 Å². The van der Waals surface area contributed by atoms with Crippen LogP contribution in [-0.2, 0) is 6.42 Å². The van der Waals surface area contributed by atoms with Crippen LogP contribution in [0.5, 0.6) is 11.5 Å². The lowest BCUT2D eigenvalue weighted by molar-refractivity contribution is 0.277. The second kappa shape index (κ2) is 8.81. The predicted molar refractivity (Wildman–Crippen MR) is 110 cm³/mol. The maximum atomic E-state index is 12.6. The van der Waals surface area contributed by atoms with Gasteiger partial charge in [0.25, 0.3) is 5.56 Å². The van der Waals surface area contributed by atoms with Crippen molar-refractivity contribution >= 4 is 27.8 Å². The molecule has 27 heavy (non-hydrogen) atoms. The summed E-state index contributed by atoms with van der Waals surface area (Å²) in [5, 5.41) is 4.89. The monoisotopic (exact) mass is 385 g/mol. The highest BCUT2D eigenvalue weighted by atomic mass is 32.1. The average Bonchev–Trinajstić information content (AvgIpc) is 3.11. The second-order valence-corrected chi connectivity index (χ2v) is 7.03. The molecule has 0 unspecified atom stereocenters. The van der Waals surface area contributed by atoms with Crippen molar-refractivity contribution in [3.63, 3.8) is 0 Å². The lowest BCUT2D eigenvalue weighted by atomic mass is 10.2. The van der Waals surface area contributed by atoms with Crippen molar-refractivity contribution in [2.45, 2.75) is 33.6 Å². The first-order valence-electron chi connectivity index (χ1n) is 9.10. The molecule has 0 aliphatic heterocycles. The Bertz CT molecular complexity index is 1010. The first-order valence-corrected chi connectivity index (χ1v) is 9.92. The normalized spacial score (nSPS) is 11.4. The first-order chi connectivity index (χ1) is 13.2. The summed E-state index contributed by atoms with van der Waals surface area (Å²) in [6.45, 7) is 7.22. The molecule has 0 bridgehead atoms. The van der Waals surface area contributed by atoms with E-state index >= 15 is 0 Å². The average molecular weight is 385 g/mol. The van der Waals surface area contributed by atoms with Crippen molar-refractivity contribution in [1.29, 1.82) is 0 Å². The van der Waals surface area contributed by atoms with Crippen LogP contribution in [0.25, 0.3) is 10.2 Å².